The highest BCUT2D eigenvalue weighted by molar-refractivity contribution is 9.11. The van der Waals surface area contributed by atoms with Gasteiger partial charge in [0, 0.05) is 0 Å². The molecule has 1 nitrogen and oxygen atoms in total. The third-order valence-corrected chi connectivity index (χ3v) is 4.49. The lowest BCUT2D eigenvalue weighted by Gasteiger charge is -2.01. The fraction of sp³-hybridized carbons (Fsp3) is 0.556. The fourth-order valence-corrected chi connectivity index (χ4v) is 2.90. The van der Waals surface area contributed by atoms with Gasteiger partial charge >= 0.3 is 0 Å². The Balaban J connectivity index is 2.31. The Morgan fingerprint density at radius 1 is 1.67 bits per heavy atom. The molecule has 3 heteroatoms. The molecule has 1 heterocycles. The molecule has 0 bridgehead atoms. The molecule has 1 fully saturated rings. The van der Waals surface area contributed by atoms with Crippen LogP contribution in [0.4, 0.5) is 5.69 Å². The number of nitrogens with two attached hydrogens (primary N) is 1. The average molecular weight is 246 g/mol. The van der Waals surface area contributed by atoms with Crippen LogP contribution in [0.15, 0.2) is 9.17 Å². The van der Waals surface area contributed by atoms with Crippen LogP contribution in [0.3, 0.4) is 0 Å². The van der Waals surface area contributed by atoms with Crippen LogP contribution in [0.5, 0.6) is 0 Å². The van der Waals surface area contributed by atoms with E-state index in [1.165, 1.54) is 12.0 Å². The molecule has 1 atom stereocenters. The van der Waals surface area contributed by atoms with Crippen LogP contribution in [0.2, 0.25) is 0 Å². The molecule has 0 radical (unpaired) electrons. The Kier molecular flexibility index (Phi) is 1.77. The van der Waals surface area contributed by atoms with Crippen molar-refractivity contribution in [3.63, 3.8) is 0 Å². The first-order valence-electron chi connectivity index (χ1n) is 4.05. The first-order valence-corrected chi connectivity index (χ1v) is 5.72. The highest BCUT2D eigenvalue weighted by atomic mass is 79.9. The molecular weight excluding hydrogens is 234 g/mol. The lowest BCUT2D eigenvalue weighted by molar-refractivity contribution is 0.623. The lowest BCUT2D eigenvalue weighted by Crippen LogP contribution is -1.92. The molecule has 1 aromatic rings. The maximum atomic E-state index is 5.93. The first-order chi connectivity index (χ1) is 5.52. The van der Waals surface area contributed by atoms with E-state index in [0.29, 0.717) is 11.3 Å². The van der Waals surface area contributed by atoms with Gasteiger partial charge in [0.1, 0.15) is 0 Å². The zero-order chi connectivity index (χ0) is 8.93. The van der Waals surface area contributed by atoms with Gasteiger partial charge in [-0.05, 0) is 44.6 Å². The maximum Gasteiger partial charge on any atom is 0.0930 e. The summed E-state index contributed by atoms with van der Waals surface area (Å²) in [6.07, 6.45) is 1.28. The van der Waals surface area contributed by atoms with Gasteiger partial charge in [-0.2, -0.15) is 0 Å². The summed E-state index contributed by atoms with van der Waals surface area (Å²) >= 11 is 5.13. The molecule has 0 saturated heterocycles. The SMILES string of the molecule is CC1(C)CC1c1csc(Br)c1N. The van der Waals surface area contributed by atoms with Crippen LogP contribution in [-0.4, -0.2) is 0 Å². The van der Waals surface area contributed by atoms with E-state index in [2.05, 4.69) is 35.2 Å². The Morgan fingerprint density at radius 3 is 2.58 bits per heavy atom. The summed E-state index contributed by atoms with van der Waals surface area (Å²) in [5.74, 6) is 0.694. The van der Waals surface area contributed by atoms with Gasteiger partial charge in [0.2, 0.25) is 0 Å². The van der Waals surface area contributed by atoms with E-state index < -0.39 is 0 Å². The second-order valence-corrected chi connectivity index (χ2v) is 6.32. The minimum Gasteiger partial charge on any atom is -0.397 e. The third-order valence-electron chi connectivity index (χ3n) is 2.70. The standard InChI is InChI=1S/C9H12BrNS/c1-9(2)3-6(9)5-4-12-8(10)7(5)11/h4,6H,3,11H2,1-2H3. The topological polar surface area (TPSA) is 26.0 Å². The fourth-order valence-electron chi connectivity index (χ4n) is 1.62. The van der Waals surface area contributed by atoms with Gasteiger partial charge < -0.3 is 5.73 Å². The number of halogens is 1. The third kappa shape index (κ3) is 1.19. The normalized spacial score (nSPS) is 25.8. The zero-order valence-electron chi connectivity index (χ0n) is 7.23. The van der Waals surface area contributed by atoms with Crippen LogP contribution in [0.1, 0.15) is 31.7 Å². The number of hydrogen-bond donors (Lipinski definition) is 1. The molecule has 0 aliphatic heterocycles. The van der Waals surface area contributed by atoms with Crippen molar-refractivity contribution in [1.29, 1.82) is 0 Å². The second kappa shape index (κ2) is 2.48. The van der Waals surface area contributed by atoms with Gasteiger partial charge in [0.15, 0.2) is 0 Å². The molecular formula is C9H12BrNS. The second-order valence-electron chi connectivity index (χ2n) is 4.12. The predicted molar refractivity (Wildman–Crippen MR) is 57.6 cm³/mol. The van der Waals surface area contributed by atoms with Gasteiger partial charge in [-0.3, -0.25) is 0 Å². The molecule has 66 valence electrons. The summed E-state index contributed by atoms with van der Waals surface area (Å²) in [7, 11) is 0. The summed E-state index contributed by atoms with van der Waals surface area (Å²) < 4.78 is 1.08. The quantitative estimate of drug-likeness (QED) is 0.804. The van der Waals surface area contributed by atoms with E-state index in [9.17, 15) is 0 Å². The van der Waals surface area contributed by atoms with Gasteiger partial charge in [-0.25, -0.2) is 0 Å². The van der Waals surface area contributed by atoms with Crippen molar-refractivity contribution in [3.05, 3.63) is 14.7 Å². The smallest absolute Gasteiger partial charge is 0.0930 e. The number of rotatable bonds is 1. The minimum absolute atomic E-state index is 0.481. The van der Waals surface area contributed by atoms with Crippen LogP contribution < -0.4 is 5.73 Å². The van der Waals surface area contributed by atoms with Crippen molar-refractivity contribution >= 4 is 33.0 Å². The molecule has 0 aromatic carbocycles. The van der Waals surface area contributed by atoms with E-state index in [-0.39, 0.29) is 0 Å². The molecule has 1 aromatic heterocycles. The highest BCUT2D eigenvalue weighted by Crippen LogP contribution is 2.61. The summed E-state index contributed by atoms with van der Waals surface area (Å²) in [6.45, 7) is 4.59. The van der Waals surface area contributed by atoms with Crippen molar-refractivity contribution in [2.45, 2.75) is 26.2 Å². The predicted octanol–water partition coefficient (Wildman–Crippen LogP) is 3.61. The number of hydrogen-bond acceptors (Lipinski definition) is 2. The Morgan fingerprint density at radius 2 is 2.25 bits per heavy atom. The highest BCUT2D eigenvalue weighted by Gasteiger charge is 2.47. The lowest BCUT2D eigenvalue weighted by atomic mass is 10.1. The van der Waals surface area contributed by atoms with Crippen molar-refractivity contribution in [2.75, 3.05) is 5.73 Å². The van der Waals surface area contributed by atoms with Gasteiger partial charge in [0.25, 0.3) is 0 Å². The number of anilines is 1. The Bertz CT molecular complexity index is 316. The molecule has 0 spiro atoms. The summed E-state index contributed by atoms with van der Waals surface area (Å²) in [5, 5.41) is 2.18. The molecule has 12 heavy (non-hydrogen) atoms. The van der Waals surface area contributed by atoms with Crippen molar-refractivity contribution in [3.8, 4) is 0 Å². The molecule has 2 N–H and O–H groups in total. The number of thiophene rings is 1. The number of nitrogen functional groups attached to an aromatic ring is 1. The molecule has 1 unspecified atom stereocenters. The van der Waals surface area contributed by atoms with Crippen LogP contribution in [0.25, 0.3) is 0 Å². The Hall–Kier alpha value is -0.0200. The van der Waals surface area contributed by atoms with E-state index in [0.717, 1.165) is 9.47 Å². The molecule has 2 rings (SSSR count). The summed E-state index contributed by atoms with van der Waals surface area (Å²) in [6, 6.07) is 0. The largest absolute Gasteiger partial charge is 0.397 e. The summed E-state index contributed by atoms with van der Waals surface area (Å²) in [4.78, 5) is 0. The molecule has 1 aliphatic rings. The van der Waals surface area contributed by atoms with E-state index >= 15 is 0 Å². The van der Waals surface area contributed by atoms with Gasteiger partial charge in [0.05, 0.1) is 9.47 Å². The average Bonchev–Trinajstić information content (AvgIpc) is 2.47. The molecule has 1 aliphatic carbocycles. The molecule has 0 amide bonds. The van der Waals surface area contributed by atoms with Crippen molar-refractivity contribution < 1.29 is 0 Å². The van der Waals surface area contributed by atoms with Crippen molar-refractivity contribution in [2.24, 2.45) is 5.41 Å². The van der Waals surface area contributed by atoms with E-state index in [4.69, 9.17) is 5.73 Å². The van der Waals surface area contributed by atoms with E-state index in [1.54, 1.807) is 11.3 Å². The van der Waals surface area contributed by atoms with Crippen LogP contribution >= 0.6 is 27.3 Å². The monoisotopic (exact) mass is 245 g/mol. The summed E-state index contributed by atoms with van der Waals surface area (Å²) in [5.41, 5.74) is 8.71. The van der Waals surface area contributed by atoms with Crippen molar-refractivity contribution in [1.82, 2.24) is 0 Å². The van der Waals surface area contributed by atoms with Crippen LogP contribution in [-0.2, 0) is 0 Å². The van der Waals surface area contributed by atoms with Crippen LogP contribution in [0, 0.1) is 5.41 Å². The van der Waals surface area contributed by atoms with Gasteiger partial charge in [-0.15, -0.1) is 11.3 Å². The maximum absolute atomic E-state index is 5.93. The zero-order valence-corrected chi connectivity index (χ0v) is 9.63. The Labute approximate surface area is 85.1 Å². The van der Waals surface area contributed by atoms with Gasteiger partial charge in [-0.1, -0.05) is 13.8 Å². The minimum atomic E-state index is 0.481. The molecule has 1 saturated carbocycles. The van der Waals surface area contributed by atoms with E-state index in [1.807, 2.05) is 0 Å². The first kappa shape index (κ1) is 8.57.